The van der Waals surface area contributed by atoms with Gasteiger partial charge in [-0.05, 0) is 48.7 Å². The normalized spacial score (nSPS) is 13.6. The van der Waals surface area contributed by atoms with Crippen molar-refractivity contribution in [3.63, 3.8) is 0 Å². The zero-order chi connectivity index (χ0) is 16.4. The van der Waals surface area contributed by atoms with Crippen molar-refractivity contribution in [1.82, 2.24) is 4.98 Å². The maximum atomic E-state index is 13.6. The molecule has 1 aliphatic heterocycles. The van der Waals surface area contributed by atoms with Gasteiger partial charge in [-0.3, -0.25) is 0 Å². The Morgan fingerprint density at radius 1 is 1.35 bits per heavy atom. The van der Waals surface area contributed by atoms with Crippen molar-refractivity contribution in [3.8, 4) is 0 Å². The number of esters is 1. The van der Waals surface area contributed by atoms with Crippen LogP contribution >= 0.6 is 15.9 Å². The van der Waals surface area contributed by atoms with Crippen LogP contribution in [0.15, 0.2) is 34.9 Å². The number of ether oxygens (including phenoxy) is 1. The van der Waals surface area contributed by atoms with Crippen LogP contribution in [0.3, 0.4) is 0 Å². The standard InChI is InChI=1S/C17H16BrFN2O2/c1-2-23-17(22)16-5-11-3-4-21(10-12(11)9-20-16)15-7-13(18)6-14(19)8-15/h5-9H,2-4,10H2,1H3. The number of anilines is 1. The molecule has 0 spiro atoms. The van der Waals surface area contributed by atoms with E-state index in [9.17, 15) is 9.18 Å². The number of hydrogen-bond donors (Lipinski definition) is 0. The Balaban J connectivity index is 1.82. The third kappa shape index (κ3) is 3.52. The molecule has 0 fully saturated rings. The first kappa shape index (κ1) is 15.9. The predicted molar refractivity (Wildman–Crippen MR) is 89.0 cm³/mol. The highest BCUT2D eigenvalue weighted by atomic mass is 79.9. The summed E-state index contributed by atoms with van der Waals surface area (Å²) in [6.45, 7) is 3.50. The molecule has 0 saturated carbocycles. The lowest BCUT2D eigenvalue weighted by Crippen LogP contribution is -2.31. The van der Waals surface area contributed by atoms with Crippen LogP contribution in [0.1, 0.15) is 28.5 Å². The highest BCUT2D eigenvalue weighted by Crippen LogP contribution is 2.27. The zero-order valence-corrected chi connectivity index (χ0v) is 14.3. The zero-order valence-electron chi connectivity index (χ0n) is 12.7. The molecule has 1 aromatic carbocycles. The van der Waals surface area contributed by atoms with Gasteiger partial charge in [-0.25, -0.2) is 14.2 Å². The predicted octanol–water partition coefficient (Wildman–Crippen LogP) is 3.72. The first-order chi connectivity index (χ1) is 11.1. The molecule has 0 N–H and O–H groups in total. The van der Waals surface area contributed by atoms with Crippen molar-refractivity contribution >= 4 is 27.6 Å². The molecule has 2 heterocycles. The minimum absolute atomic E-state index is 0.268. The molecule has 0 radical (unpaired) electrons. The third-order valence-electron chi connectivity index (χ3n) is 3.79. The summed E-state index contributed by atoms with van der Waals surface area (Å²) >= 11 is 3.32. The summed E-state index contributed by atoms with van der Waals surface area (Å²) in [5, 5.41) is 0. The summed E-state index contributed by atoms with van der Waals surface area (Å²) < 4.78 is 19.3. The highest BCUT2D eigenvalue weighted by molar-refractivity contribution is 9.10. The number of pyridine rings is 1. The molecule has 0 atom stereocenters. The molecule has 0 unspecified atom stereocenters. The monoisotopic (exact) mass is 378 g/mol. The topological polar surface area (TPSA) is 42.4 Å². The fraction of sp³-hybridized carbons (Fsp3) is 0.294. The second-order valence-corrected chi connectivity index (χ2v) is 6.27. The number of hydrogen-bond acceptors (Lipinski definition) is 4. The molecule has 2 aromatic rings. The van der Waals surface area contributed by atoms with E-state index in [-0.39, 0.29) is 5.82 Å². The summed E-state index contributed by atoms with van der Waals surface area (Å²) in [7, 11) is 0. The number of aromatic nitrogens is 1. The van der Waals surface area contributed by atoms with Crippen LogP contribution in [0.5, 0.6) is 0 Å². The average molecular weight is 379 g/mol. The molecule has 0 aliphatic carbocycles. The van der Waals surface area contributed by atoms with Crippen LogP contribution in [0.4, 0.5) is 10.1 Å². The SMILES string of the molecule is CCOC(=O)c1cc2c(cn1)CN(c1cc(F)cc(Br)c1)CC2. The van der Waals surface area contributed by atoms with Gasteiger partial charge in [0, 0.05) is 29.4 Å². The lowest BCUT2D eigenvalue weighted by molar-refractivity contribution is 0.0519. The number of rotatable bonds is 3. The summed E-state index contributed by atoms with van der Waals surface area (Å²) in [6.07, 6.45) is 2.49. The first-order valence-corrected chi connectivity index (χ1v) is 8.22. The fourth-order valence-electron chi connectivity index (χ4n) is 2.70. The van der Waals surface area contributed by atoms with Crippen molar-refractivity contribution in [3.05, 3.63) is 57.6 Å². The molecular weight excluding hydrogens is 363 g/mol. The van der Waals surface area contributed by atoms with Crippen molar-refractivity contribution in [2.75, 3.05) is 18.1 Å². The lowest BCUT2D eigenvalue weighted by Gasteiger charge is -2.30. The highest BCUT2D eigenvalue weighted by Gasteiger charge is 2.20. The van der Waals surface area contributed by atoms with Gasteiger partial charge in [-0.2, -0.15) is 0 Å². The Morgan fingerprint density at radius 2 is 2.17 bits per heavy atom. The molecule has 0 amide bonds. The lowest BCUT2D eigenvalue weighted by atomic mass is 10.0. The molecule has 120 valence electrons. The average Bonchev–Trinajstić information content (AvgIpc) is 2.53. The molecule has 3 rings (SSSR count). The van der Waals surface area contributed by atoms with Gasteiger partial charge in [0.1, 0.15) is 11.5 Å². The maximum Gasteiger partial charge on any atom is 0.356 e. The molecule has 4 nitrogen and oxygen atoms in total. The van der Waals surface area contributed by atoms with Crippen LogP contribution in [0.25, 0.3) is 0 Å². The van der Waals surface area contributed by atoms with E-state index in [1.807, 2.05) is 6.07 Å². The van der Waals surface area contributed by atoms with Gasteiger partial charge in [-0.15, -0.1) is 0 Å². The summed E-state index contributed by atoms with van der Waals surface area (Å²) in [5.74, 6) is -0.664. The summed E-state index contributed by atoms with van der Waals surface area (Å²) in [4.78, 5) is 18.0. The van der Waals surface area contributed by atoms with Crippen molar-refractivity contribution in [1.29, 1.82) is 0 Å². The van der Waals surface area contributed by atoms with E-state index in [4.69, 9.17) is 4.74 Å². The van der Waals surface area contributed by atoms with Gasteiger partial charge in [0.15, 0.2) is 0 Å². The van der Waals surface area contributed by atoms with Crippen LogP contribution < -0.4 is 4.90 Å². The van der Waals surface area contributed by atoms with E-state index in [0.717, 1.165) is 29.8 Å². The number of halogens is 2. The third-order valence-corrected chi connectivity index (χ3v) is 4.25. The van der Waals surface area contributed by atoms with E-state index < -0.39 is 5.97 Å². The van der Waals surface area contributed by atoms with Crippen molar-refractivity contribution in [2.45, 2.75) is 19.9 Å². The largest absolute Gasteiger partial charge is 0.461 e. The maximum absolute atomic E-state index is 13.6. The van der Waals surface area contributed by atoms with Gasteiger partial charge in [0.05, 0.1) is 6.61 Å². The molecule has 1 aromatic heterocycles. The van der Waals surface area contributed by atoms with Gasteiger partial charge < -0.3 is 9.64 Å². The molecule has 6 heteroatoms. The minimum Gasteiger partial charge on any atom is -0.461 e. The van der Waals surface area contributed by atoms with E-state index in [0.29, 0.717) is 23.3 Å². The van der Waals surface area contributed by atoms with E-state index in [1.54, 1.807) is 19.2 Å². The molecule has 1 aliphatic rings. The second kappa shape index (κ2) is 6.66. The van der Waals surface area contributed by atoms with Crippen LogP contribution in [0, 0.1) is 5.82 Å². The van der Waals surface area contributed by atoms with Crippen molar-refractivity contribution < 1.29 is 13.9 Å². The Bertz CT molecular complexity index is 731. The summed E-state index contributed by atoms with van der Waals surface area (Å²) in [5.41, 5.74) is 3.31. The number of fused-ring (bicyclic) bond motifs is 1. The molecule has 0 bridgehead atoms. The van der Waals surface area contributed by atoms with E-state index in [1.165, 1.54) is 12.1 Å². The van der Waals surface area contributed by atoms with E-state index in [2.05, 4.69) is 25.8 Å². The second-order valence-electron chi connectivity index (χ2n) is 5.36. The number of carbonyl (C=O) groups excluding carboxylic acids is 1. The molecular formula is C17H16BrFN2O2. The van der Waals surface area contributed by atoms with Gasteiger partial charge in [-0.1, -0.05) is 15.9 Å². The Labute approximate surface area is 142 Å². The minimum atomic E-state index is -0.396. The van der Waals surface area contributed by atoms with Crippen LogP contribution in [-0.4, -0.2) is 24.1 Å². The number of nitrogens with zero attached hydrogens (tertiary/aromatic N) is 2. The first-order valence-electron chi connectivity index (χ1n) is 7.43. The smallest absolute Gasteiger partial charge is 0.356 e. The number of benzene rings is 1. The van der Waals surface area contributed by atoms with Gasteiger partial charge >= 0.3 is 5.97 Å². The quantitative estimate of drug-likeness (QED) is 0.763. The van der Waals surface area contributed by atoms with E-state index >= 15 is 0 Å². The van der Waals surface area contributed by atoms with Gasteiger partial charge in [0.25, 0.3) is 0 Å². The van der Waals surface area contributed by atoms with Gasteiger partial charge in [0.2, 0.25) is 0 Å². The Kier molecular flexibility index (Phi) is 4.61. The fourth-order valence-corrected chi connectivity index (χ4v) is 3.15. The van der Waals surface area contributed by atoms with Crippen LogP contribution in [0.2, 0.25) is 0 Å². The Hall–Kier alpha value is -1.95. The summed E-state index contributed by atoms with van der Waals surface area (Å²) in [6, 6.07) is 6.66. The van der Waals surface area contributed by atoms with Crippen molar-refractivity contribution in [2.24, 2.45) is 0 Å². The number of carbonyl (C=O) groups is 1. The molecule has 0 saturated heterocycles. The molecule has 23 heavy (non-hydrogen) atoms. The Morgan fingerprint density at radius 3 is 2.91 bits per heavy atom. The van der Waals surface area contributed by atoms with Crippen LogP contribution in [-0.2, 0) is 17.7 Å².